The molecule has 1 heterocycles. The highest BCUT2D eigenvalue weighted by molar-refractivity contribution is 4.96. The summed E-state index contributed by atoms with van der Waals surface area (Å²) < 4.78 is 8.15. The van der Waals surface area contributed by atoms with Crippen LogP contribution in [0.1, 0.15) is 45.2 Å². The zero-order valence-electron chi connectivity index (χ0n) is 11.6. The van der Waals surface area contributed by atoms with E-state index >= 15 is 0 Å². The summed E-state index contributed by atoms with van der Waals surface area (Å²) in [4.78, 5) is 4.17. The van der Waals surface area contributed by atoms with Crippen molar-refractivity contribution < 1.29 is 4.74 Å². The molecule has 4 heteroatoms. The number of hydrogen-bond acceptors (Lipinski definition) is 3. The van der Waals surface area contributed by atoms with Crippen LogP contribution in [0.25, 0.3) is 0 Å². The minimum absolute atomic E-state index is 0.431. The van der Waals surface area contributed by atoms with Gasteiger partial charge in [0.25, 0.3) is 0 Å². The number of hydrogen-bond donors (Lipinski definition) is 1. The van der Waals surface area contributed by atoms with Gasteiger partial charge in [-0.2, -0.15) is 0 Å². The number of imidazole rings is 1. The Morgan fingerprint density at radius 1 is 1.33 bits per heavy atom. The maximum absolute atomic E-state index is 6.01. The van der Waals surface area contributed by atoms with Crippen LogP contribution in [0, 0.1) is 0 Å². The van der Waals surface area contributed by atoms with Gasteiger partial charge in [-0.15, -0.1) is 0 Å². The fourth-order valence-electron chi connectivity index (χ4n) is 2.68. The Morgan fingerprint density at radius 2 is 2.11 bits per heavy atom. The van der Waals surface area contributed by atoms with Crippen molar-refractivity contribution >= 4 is 0 Å². The molecule has 4 nitrogen and oxygen atoms in total. The number of ether oxygens (including phenoxy) is 1. The largest absolute Gasteiger partial charge is 0.372 e. The normalized spacial score (nSPS) is 24.3. The minimum atomic E-state index is 0.431. The highest BCUT2D eigenvalue weighted by Crippen LogP contribution is 2.22. The van der Waals surface area contributed by atoms with Gasteiger partial charge < -0.3 is 14.6 Å². The van der Waals surface area contributed by atoms with Gasteiger partial charge >= 0.3 is 0 Å². The molecule has 1 aliphatic carbocycles. The lowest BCUT2D eigenvalue weighted by Crippen LogP contribution is -2.35. The summed E-state index contributed by atoms with van der Waals surface area (Å²) in [6.45, 7) is 7.05. The summed E-state index contributed by atoms with van der Waals surface area (Å²) in [5.41, 5.74) is 1.19. The third kappa shape index (κ3) is 3.56. The van der Waals surface area contributed by atoms with Gasteiger partial charge in [0.1, 0.15) is 0 Å². The van der Waals surface area contributed by atoms with Gasteiger partial charge in [-0.3, -0.25) is 0 Å². The first-order chi connectivity index (χ1) is 8.83. The van der Waals surface area contributed by atoms with Crippen LogP contribution in [0.15, 0.2) is 12.5 Å². The first-order valence-electron chi connectivity index (χ1n) is 7.17. The summed E-state index contributed by atoms with van der Waals surface area (Å²) in [6.07, 6.45) is 9.06. The molecule has 0 atom stereocenters. The van der Waals surface area contributed by atoms with Gasteiger partial charge in [0.05, 0.1) is 30.9 Å². The molecule has 0 spiro atoms. The van der Waals surface area contributed by atoms with Gasteiger partial charge in [-0.05, 0) is 39.2 Å². The summed E-state index contributed by atoms with van der Waals surface area (Å²) >= 11 is 0. The van der Waals surface area contributed by atoms with E-state index in [1.54, 1.807) is 0 Å². The minimum Gasteiger partial charge on any atom is -0.372 e. The lowest BCUT2D eigenvalue weighted by molar-refractivity contribution is 0.00873. The van der Waals surface area contributed by atoms with Crippen molar-refractivity contribution in [2.75, 3.05) is 6.54 Å². The van der Waals surface area contributed by atoms with Crippen LogP contribution < -0.4 is 5.32 Å². The number of rotatable bonds is 6. The lowest BCUT2D eigenvalue weighted by atomic mass is 9.93. The molecule has 1 fully saturated rings. The van der Waals surface area contributed by atoms with E-state index in [4.69, 9.17) is 4.74 Å². The molecular weight excluding hydrogens is 226 g/mol. The number of nitrogens with zero attached hydrogens (tertiary/aromatic N) is 2. The Balaban J connectivity index is 1.72. The summed E-state index contributed by atoms with van der Waals surface area (Å²) in [5, 5.41) is 3.52. The van der Waals surface area contributed by atoms with Crippen LogP contribution in [-0.4, -0.2) is 28.2 Å². The summed E-state index contributed by atoms with van der Waals surface area (Å²) in [7, 11) is 0. The Bertz CT molecular complexity index is 343. The molecule has 1 aromatic rings. The molecule has 2 rings (SSSR count). The molecule has 18 heavy (non-hydrogen) atoms. The Morgan fingerprint density at radius 3 is 2.78 bits per heavy atom. The maximum atomic E-state index is 6.01. The molecule has 1 aromatic heterocycles. The average Bonchev–Trinajstić information content (AvgIpc) is 2.86. The summed E-state index contributed by atoms with van der Waals surface area (Å²) in [6, 6.07) is 0.705. The number of nitrogens with one attached hydrogen (secondary N) is 1. The van der Waals surface area contributed by atoms with E-state index in [0.717, 1.165) is 13.1 Å². The Kier molecular flexibility index (Phi) is 5.20. The molecule has 0 bridgehead atoms. The second-order valence-corrected chi connectivity index (χ2v) is 5.01. The fourth-order valence-corrected chi connectivity index (χ4v) is 2.68. The zero-order chi connectivity index (χ0) is 12.8. The topological polar surface area (TPSA) is 39.1 Å². The van der Waals surface area contributed by atoms with Crippen LogP contribution in [-0.2, 0) is 17.9 Å². The van der Waals surface area contributed by atoms with E-state index in [0.29, 0.717) is 18.8 Å². The van der Waals surface area contributed by atoms with Crippen LogP contribution in [0.4, 0.5) is 0 Å². The molecule has 102 valence electrons. The van der Waals surface area contributed by atoms with Crippen molar-refractivity contribution in [2.24, 2.45) is 0 Å². The predicted molar refractivity (Wildman–Crippen MR) is 72.4 cm³/mol. The lowest BCUT2D eigenvalue weighted by Gasteiger charge is -2.29. The van der Waals surface area contributed by atoms with Crippen molar-refractivity contribution in [3.05, 3.63) is 18.2 Å². The molecule has 1 aliphatic rings. The molecule has 0 aliphatic heterocycles. The quantitative estimate of drug-likeness (QED) is 0.843. The van der Waals surface area contributed by atoms with Crippen molar-refractivity contribution in [3.8, 4) is 0 Å². The molecule has 0 radical (unpaired) electrons. The van der Waals surface area contributed by atoms with Crippen molar-refractivity contribution in [3.63, 3.8) is 0 Å². The molecule has 0 aromatic carbocycles. The van der Waals surface area contributed by atoms with Gasteiger partial charge in [-0.1, -0.05) is 6.92 Å². The standard InChI is InChI=1S/C14H25N3O/c1-3-16-12-5-7-14(8-6-12)18-10-13-9-15-11-17(13)4-2/h9,11-12,14,16H,3-8,10H2,1-2H3. The molecular formula is C14H25N3O. The van der Waals surface area contributed by atoms with E-state index in [9.17, 15) is 0 Å². The van der Waals surface area contributed by atoms with Crippen molar-refractivity contribution in [1.29, 1.82) is 0 Å². The second kappa shape index (κ2) is 6.90. The Labute approximate surface area is 110 Å². The zero-order valence-corrected chi connectivity index (χ0v) is 11.6. The number of aromatic nitrogens is 2. The first kappa shape index (κ1) is 13.6. The average molecular weight is 251 g/mol. The maximum Gasteiger partial charge on any atom is 0.0948 e. The fraction of sp³-hybridized carbons (Fsp3) is 0.786. The highest BCUT2D eigenvalue weighted by atomic mass is 16.5. The highest BCUT2D eigenvalue weighted by Gasteiger charge is 2.21. The molecule has 0 amide bonds. The van der Waals surface area contributed by atoms with Gasteiger partial charge in [0, 0.05) is 12.6 Å². The van der Waals surface area contributed by atoms with Crippen LogP contribution in [0.3, 0.4) is 0 Å². The SMILES string of the molecule is CCNC1CCC(OCc2cncn2CC)CC1. The third-order valence-corrected chi connectivity index (χ3v) is 3.77. The molecule has 0 saturated heterocycles. The van der Waals surface area contributed by atoms with Crippen molar-refractivity contribution in [1.82, 2.24) is 14.9 Å². The molecule has 1 N–H and O–H groups in total. The first-order valence-corrected chi connectivity index (χ1v) is 7.17. The Hall–Kier alpha value is -0.870. The van der Waals surface area contributed by atoms with E-state index in [1.807, 2.05) is 12.5 Å². The monoisotopic (exact) mass is 251 g/mol. The van der Waals surface area contributed by atoms with E-state index < -0.39 is 0 Å². The van der Waals surface area contributed by atoms with E-state index in [1.165, 1.54) is 31.4 Å². The van der Waals surface area contributed by atoms with Gasteiger partial charge in [0.15, 0.2) is 0 Å². The van der Waals surface area contributed by atoms with Crippen LogP contribution in [0.2, 0.25) is 0 Å². The second-order valence-electron chi connectivity index (χ2n) is 5.01. The van der Waals surface area contributed by atoms with Gasteiger partial charge in [0.2, 0.25) is 0 Å². The summed E-state index contributed by atoms with van der Waals surface area (Å²) in [5.74, 6) is 0. The smallest absolute Gasteiger partial charge is 0.0948 e. The number of aryl methyl sites for hydroxylation is 1. The van der Waals surface area contributed by atoms with Crippen LogP contribution >= 0.6 is 0 Å². The third-order valence-electron chi connectivity index (χ3n) is 3.77. The predicted octanol–water partition coefficient (Wildman–Crippen LogP) is 2.34. The van der Waals surface area contributed by atoms with Crippen LogP contribution in [0.5, 0.6) is 0 Å². The molecule has 0 unspecified atom stereocenters. The van der Waals surface area contributed by atoms with E-state index in [2.05, 4.69) is 28.7 Å². The van der Waals surface area contributed by atoms with Gasteiger partial charge in [-0.25, -0.2) is 4.98 Å². The van der Waals surface area contributed by atoms with E-state index in [-0.39, 0.29) is 0 Å². The van der Waals surface area contributed by atoms with Crippen molar-refractivity contribution in [2.45, 2.75) is 64.8 Å². The molecule has 1 saturated carbocycles.